The van der Waals surface area contributed by atoms with Crippen molar-refractivity contribution in [2.24, 2.45) is 0 Å². The summed E-state index contributed by atoms with van der Waals surface area (Å²) in [7, 11) is 0. The van der Waals surface area contributed by atoms with Gasteiger partial charge in [-0.05, 0) is 6.92 Å². The highest BCUT2D eigenvalue weighted by Gasteiger charge is 2.43. The van der Waals surface area contributed by atoms with E-state index in [1.165, 1.54) is 6.92 Å². The van der Waals surface area contributed by atoms with Gasteiger partial charge >= 0.3 is 12.3 Å². The van der Waals surface area contributed by atoms with Crippen LogP contribution < -0.4 is 10.4 Å². The molecule has 1 aromatic heterocycles. The first-order chi connectivity index (χ1) is 9.85. The Balaban J connectivity index is 2.33. The minimum Gasteiger partial charge on any atom is -0.416 e. The largest absolute Gasteiger partial charge is 0.416 e. The maximum absolute atomic E-state index is 12.1. The third kappa shape index (κ3) is 3.02. The fourth-order valence-corrected chi connectivity index (χ4v) is 2.05. The molecule has 1 aliphatic rings. The van der Waals surface area contributed by atoms with Gasteiger partial charge in [0.15, 0.2) is 6.23 Å². The molecule has 0 saturated carbocycles. The van der Waals surface area contributed by atoms with E-state index < -0.39 is 49.3 Å². The molecular formula is C11H14F2N2O6. The first-order valence-corrected chi connectivity index (χ1v) is 6.02. The predicted octanol–water partition coefficient (Wildman–Crippen LogP) is -1.24. The fourth-order valence-electron chi connectivity index (χ4n) is 2.05. The quantitative estimate of drug-likeness (QED) is 0.638. The summed E-state index contributed by atoms with van der Waals surface area (Å²) in [4.78, 5) is 15.1. The molecule has 2 heterocycles. The highest BCUT2D eigenvalue weighted by atomic mass is 19.3. The number of hydrogen-bond donors (Lipinski definition) is 3. The highest BCUT2D eigenvalue weighted by Crippen LogP contribution is 2.28. The van der Waals surface area contributed by atoms with E-state index in [0.29, 0.717) is 0 Å². The summed E-state index contributed by atoms with van der Waals surface area (Å²) in [6.07, 6.45) is -4.08. The second-order valence-corrected chi connectivity index (χ2v) is 4.53. The van der Waals surface area contributed by atoms with Crippen molar-refractivity contribution in [2.45, 2.75) is 38.1 Å². The molecular weight excluding hydrogens is 294 g/mol. The summed E-state index contributed by atoms with van der Waals surface area (Å²) in [5, 5.41) is 28.4. The Kier molecular flexibility index (Phi) is 4.52. The Bertz CT molecular complexity index is 566. The number of nitrogens with zero attached hydrogens (tertiary/aromatic N) is 2. The summed E-state index contributed by atoms with van der Waals surface area (Å²) in [6, 6.07) is 0. The van der Waals surface area contributed by atoms with Crippen LogP contribution in [0.2, 0.25) is 0 Å². The van der Waals surface area contributed by atoms with Gasteiger partial charge in [-0.15, -0.1) is 0 Å². The van der Waals surface area contributed by atoms with Gasteiger partial charge in [-0.1, -0.05) is 0 Å². The molecule has 8 nitrogen and oxygen atoms in total. The van der Waals surface area contributed by atoms with Crippen LogP contribution in [0.25, 0.3) is 0 Å². The number of aryl methyl sites for hydroxylation is 1. The summed E-state index contributed by atoms with van der Waals surface area (Å²) in [5.74, 6) is -0.530. The maximum Gasteiger partial charge on any atom is 0.388 e. The van der Waals surface area contributed by atoms with Crippen molar-refractivity contribution >= 4 is 0 Å². The molecule has 0 aliphatic carbocycles. The standard InChI is InChI=1S/C11H14F2N2O6/c1-4-2-15(11(19)14-8(4)21-10(12)13)9-7(18)6(17)5(3-16)20-9/h2,5-7,9-10,16-18H,3H2,1H3/t5-,6-,7+,9?/m1/s1. The molecule has 0 spiro atoms. The molecule has 118 valence electrons. The van der Waals surface area contributed by atoms with Crippen LogP contribution >= 0.6 is 0 Å². The van der Waals surface area contributed by atoms with Crippen molar-refractivity contribution in [3.05, 3.63) is 22.2 Å². The zero-order chi connectivity index (χ0) is 15.7. The van der Waals surface area contributed by atoms with Gasteiger partial charge < -0.3 is 24.8 Å². The zero-order valence-electron chi connectivity index (χ0n) is 10.9. The van der Waals surface area contributed by atoms with Crippen molar-refractivity contribution in [2.75, 3.05) is 6.61 Å². The highest BCUT2D eigenvalue weighted by molar-refractivity contribution is 5.21. The van der Waals surface area contributed by atoms with E-state index in [-0.39, 0.29) is 5.56 Å². The molecule has 21 heavy (non-hydrogen) atoms. The van der Waals surface area contributed by atoms with E-state index in [0.717, 1.165) is 10.8 Å². The van der Waals surface area contributed by atoms with Gasteiger partial charge in [-0.2, -0.15) is 13.8 Å². The molecule has 10 heteroatoms. The molecule has 1 aliphatic heterocycles. The number of aliphatic hydroxyl groups is 3. The van der Waals surface area contributed by atoms with Gasteiger partial charge in [-0.25, -0.2) is 4.79 Å². The first-order valence-electron chi connectivity index (χ1n) is 6.02. The van der Waals surface area contributed by atoms with Gasteiger partial charge in [0.1, 0.15) is 18.3 Å². The lowest BCUT2D eigenvalue weighted by atomic mass is 10.1. The molecule has 3 N–H and O–H groups in total. The Morgan fingerprint density at radius 1 is 1.48 bits per heavy atom. The average Bonchev–Trinajstić information content (AvgIpc) is 2.69. The van der Waals surface area contributed by atoms with Crippen LogP contribution in [0.5, 0.6) is 5.88 Å². The van der Waals surface area contributed by atoms with Crippen LogP contribution in [0, 0.1) is 6.92 Å². The van der Waals surface area contributed by atoms with E-state index in [1.807, 2.05) is 0 Å². The molecule has 0 radical (unpaired) electrons. The van der Waals surface area contributed by atoms with Crippen LogP contribution in [-0.4, -0.2) is 56.4 Å². The van der Waals surface area contributed by atoms with Gasteiger partial charge in [-0.3, -0.25) is 4.57 Å². The van der Waals surface area contributed by atoms with Crippen molar-refractivity contribution in [1.82, 2.24) is 9.55 Å². The molecule has 2 rings (SSSR count). The lowest BCUT2D eigenvalue weighted by Gasteiger charge is -2.18. The summed E-state index contributed by atoms with van der Waals surface area (Å²) >= 11 is 0. The Hall–Kier alpha value is -1.62. The zero-order valence-corrected chi connectivity index (χ0v) is 10.9. The lowest BCUT2D eigenvalue weighted by Crippen LogP contribution is -2.36. The van der Waals surface area contributed by atoms with Crippen LogP contribution in [-0.2, 0) is 4.74 Å². The van der Waals surface area contributed by atoms with Gasteiger partial charge in [0.2, 0.25) is 5.88 Å². The molecule has 1 saturated heterocycles. The number of hydrogen-bond acceptors (Lipinski definition) is 7. The second-order valence-electron chi connectivity index (χ2n) is 4.53. The molecule has 0 amide bonds. The smallest absolute Gasteiger partial charge is 0.388 e. The Morgan fingerprint density at radius 3 is 2.67 bits per heavy atom. The molecule has 1 aromatic rings. The minimum absolute atomic E-state index is 0.118. The number of alkyl halides is 2. The summed E-state index contributed by atoms with van der Waals surface area (Å²) < 4.78 is 34.4. The van der Waals surface area contributed by atoms with Gasteiger partial charge in [0.05, 0.1) is 6.61 Å². The Morgan fingerprint density at radius 2 is 2.14 bits per heavy atom. The SMILES string of the molecule is Cc1cn(C2O[C@H](CO)[C@@H](O)[C@@H]2O)c(=O)nc1OC(F)F. The van der Waals surface area contributed by atoms with Gasteiger partial charge in [0, 0.05) is 11.8 Å². The third-order valence-electron chi connectivity index (χ3n) is 3.08. The Labute approximate surface area is 117 Å². The molecule has 1 fully saturated rings. The summed E-state index contributed by atoms with van der Waals surface area (Å²) in [5.41, 5.74) is -0.876. The van der Waals surface area contributed by atoms with Crippen molar-refractivity contribution < 1.29 is 33.6 Å². The van der Waals surface area contributed by atoms with E-state index in [4.69, 9.17) is 9.84 Å². The van der Waals surface area contributed by atoms with E-state index in [9.17, 15) is 23.8 Å². The van der Waals surface area contributed by atoms with Crippen molar-refractivity contribution in [1.29, 1.82) is 0 Å². The summed E-state index contributed by atoms with van der Waals surface area (Å²) in [6.45, 7) is -2.30. The van der Waals surface area contributed by atoms with Crippen LogP contribution in [0.3, 0.4) is 0 Å². The van der Waals surface area contributed by atoms with Gasteiger partial charge in [0.25, 0.3) is 0 Å². The predicted molar refractivity (Wildman–Crippen MR) is 62.9 cm³/mol. The molecule has 4 atom stereocenters. The number of aliphatic hydroxyl groups excluding tert-OH is 3. The maximum atomic E-state index is 12.1. The second kappa shape index (κ2) is 6.02. The van der Waals surface area contributed by atoms with E-state index in [1.54, 1.807) is 0 Å². The number of aromatic nitrogens is 2. The lowest BCUT2D eigenvalue weighted by molar-refractivity contribution is -0.0597. The first kappa shape index (κ1) is 15.8. The fraction of sp³-hybridized carbons (Fsp3) is 0.636. The van der Waals surface area contributed by atoms with Crippen molar-refractivity contribution in [3.63, 3.8) is 0 Å². The van der Waals surface area contributed by atoms with E-state index >= 15 is 0 Å². The van der Waals surface area contributed by atoms with Crippen LogP contribution in [0.1, 0.15) is 11.8 Å². The molecule has 0 bridgehead atoms. The average molecular weight is 308 g/mol. The number of rotatable bonds is 4. The van der Waals surface area contributed by atoms with Crippen molar-refractivity contribution in [3.8, 4) is 5.88 Å². The van der Waals surface area contributed by atoms with Crippen LogP contribution in [0.4, 0.5) is 8.78 Å². The minimum atomic E-state index is -3.12. The topological polar surface area (TPSA) is 114 Å². The normalized spacial score (nSPS) is 29.1. The molecule has 1 unspecified atom stereocenters. The third-order valence-corrected chi connectivity index (χ3v) is 3.08. The van der Waals surface area contributed by atoms with Crippen LogP contribution in [0.15, 0.2) is 11.0 Å². The number of ether oxygens (including phenoxy) is 2. The monoisotopic (exact) mass is 308 g/mol. The van der Waals surface area contributed by atoms with E-state index in [2.05, 4.69) is 9.72 Å². The number of halogens is 2. The molecule has 0 aromatic carbocycles.